The molecule has 1 atom stereocenters. The Morgan fingerprint density at radius 3 is 2.65 bits per heavy atom. The van der Waals surface area contributed by atoms with Crippen molar-refractivity contribution in [2.75, 3.05) is 13.1 Å². The van der Waals surface area contributed by atoms with Crippen LogP contribution in [0.25, 0.3) is 0 Å². The van der Waals surface area contributed by atoms with Crippen molar-refractivity contribution in [1.82, 2.24) is 5.32 Å². The SMILES string of the molecule is CCNCC(OC1CCC(C)CC1)c1cccc(C)c1. The van der Waals surface area contributed by atoms with Crippen molar-refractivity contribution in [3.05, 3.63) is 35.4 Å². The lowest BCUT2D eigenvalue weighted by Gasteiger charge is -2.30. The van der Waals surface area contributed by atoms with Crippen LogP contribution in [-0.2, 0) is 4.74 Å². The van der Waals surface area contributed by atoms with E-state index in [0.717, 1.165) is 19.0 Å². The summed E-state index contributed by atoms with van der Waals surface area (Å²) in [6, 6.07) is 8.74. The molecular formula is C18H29NO. The third-order valence-corrected chi connectivity index (χ3v) is 4.31. The Morgan fingerprint density at radius 1 is 1.25 bits per heavy atom. The van der Waals surface area contributed by atoms with Crippen molar-refractivity contribution in [1.29, 1.82) is 0 Å². The zero-order valence-electron chi connectivity index (χ0n) is 13.2. The molecule has 1 N–H and O–H groups in total. The van der Waals surface area contributed by atoms with Gasteiger partial charge in [0.05, 0.1) is 12.2 Å². The van der Waals surface area contributed by atoms with Crippen molar-refractivity contribution in [3.63, 3.8) is 0 Å². The molecule has 1 aliphatic carbocycles. The summed E-state index contributed by atoms with van der Waals surface area (Å²) in [5.41, 5.74) is 2.62. The fraction of sp³-hybridized carbons (Fsp3) is 0.667. The first-order valence-electron chi connectivity index (χ1n) is 8.11. The molecule has 20 heavy (non-hydrogen) atoms. The Labute approximate surface area is 123 Å². The summed E-state index contributed by atoms with van der Waals surface area (Å²) in [7, 11) is 0. The van der Waals surface area contributed by atoms with E-state index in [0.29, 0.717) is 6.10 Å². The maximum Gasteiger partial charge on any atom is 0.0953 e. The Kier molecular flexibility index (Phi) is 6.06. The molecule has 0 aromatic heterocycles. The van der Waals surface area contributed by atoms with Gasteiger partial charge in [-0.3, -0.25) is 0 Å². The lowest BCUT2D eigenvalue weighted by molar-refractivity contribution is -0.0361. The molecule has 1 aromatic rings. The summed E-state index contributed by atoms with van der Waals surface area (Å²) in [5.74, 6) is 0.876. The van der Waals surface area contributed by atoms with E-state index in [4.69, 9.17) is 4.74 Å². The summed E-state index contributed by atoms with van der Waals surface area (Å²) in [4.78, 5) is 0. The molecule has 1 unspecified atom stereocenters. The van der Waals surface area contributed by atoms with Gasteiger partial charge in [-0.2, -0.15) is 0 Å². The highest BCUT2D eigenvalue weighted by molar-refractivity contribution is 5.24. The molecule has 0 amide bonds. The van der Waals surface area contributed by atoms with Crippen molar-refractivity contribution in [2.45, 2.75) is 58.7 Å². The van der Waals surface area contributed by atoms with Gasteiger partial charge in [0.25, 0.3) is 0 Å². The molecule has 1 saturated carbocycles. The fourth-order valence-corrected chi connectivity index (χ4v) is 2.99. The third kappa shape index (κ3) is 4.60. The second-order valence-electron chi connectivity index (χ2n) is 6.23. The van der Waals surface area contributed by atoms with Crippen LogP contribution < -0.4 is 5.32 Å². The second kappa shape index (κ2) is 7.80. The Bertz CT molecular complexity index is 396. The topological polar surface area (TPSA) is 21.3 Å². The van der Waals surface area contributed by atoms with E-state index in [1.807, 2.05) is 0 Å². The first kappa shape index (κ1) is 15.5. The Balaban J connectivity index is 1.99. The van der Waals surface area contributed by atoms with Crippen molar-refractivity contribution in [3.8, 4) is 0 Å². The van der Waals surface area contributed by atoms with Crippen LogP contribution >= 0.6 is 0 Å². The molecule has 0 saturated heterocycles. The maximum absolute atomic E-state index is 6.42. The molecule has 2 nitrogen and oxygen atoms in total. The maximum atomic E-state index is 6.42. The average Bonchev–Trinajstić information content (AvgIpc) is 2.45. The normalized spacial score (nSPS) is 24.6. The van der Waals surface area contributed by atoms with Gasteiger partial charge in [0.15, 0.2) is 0 Å². The lowest BCUT2D eigenvalue weighted by Crippen LogP contribution is -2.29. The number of benzene rings is 1. The van der Waals surface area contributed by atoms with Crippen molar-refractivity contribution >= 4 is 0 Å². The van der Waals surface area contributed by atoms with E-state index in [1.54, 1.807) is 0 Å². The highest BCUT2D eigenvalue weighted by Crippen LogP contribution is 2.29. The molecule has 2 heteroatoms. The summed E-state index contributed by atoms with van der Waals surface area (Å²) in [5, 5.41) is 3.44. The van der Waals surface area contributed by atoms with Crippen LogP contribution in [0, 0.1) is 12.8 Å². The predicted molar refractivity (Wildman–Crippen MR) is 85.0 cm³/mol. The van der Waals surface area contributed by atoms with Crippen molar-refractivity contribution < 1.29 is 4.74 Å². The van der Waals surface area contributed by atoms with Gasteiger partial charge in [-0.15, -0.1) is 0 Å². The molecule has 1 aliphatic rings. The Hall–Kier alpha value is -0.860. The zero-order chi connectivity index (χ0) is 14.4. The van der Waals surface area contributed by atoms with Crippen LogP contribution in [0.4, 0.5) is 0 Å². The monoisotopic (exact) mass is 275 g/mol. The minimum atomic E-state index is 0.188. The smallest absolute Gasteiger partial charge is 0.0953 e. The molecule has 0 spiro atoms. The third-order valence-electron chi connectivity index (χ3n) is 4.31. The molecule has 112 valence electrons. The summed E-state index contributed by atoms with van der Waals surface area (Å²) in [6.45, 7) is 8.55. The standard InChI is InChI=1S/C18H29NO/c1-4-19-13-18(16-7-5-6-15(3)12-16)20-17-10-8-14(2)9-11-17/h5-7,12,14,17-19H,4,8-11,13H2,1-3H3. The van der Waals surface area contributed by atoms with Crippen LogP contribution in [0.5, 0.6) is 0 Å². The Morgan fingerprint density at radius 2 is 2.00 bits per heavy atom. The number of rotatable bonds is 6. The van der Waals surface area contributed by atoms with Crippen LogP contribution in [0.2, 0.25) is 0 Å². The first-order valence-corrected chi connectivity index (χ1v) is 8.11. The molecule has 0 radical (unpaired) electrons. The minimum Gasteiger partial charge on any atom is -0.369 e. The zero-order valence-corrected chi connectivity index (χ0v) is 13.2. The predicted octanol–water partition coefficient (Wildman–Crippen LogP) is 4.24. The van der Waals surface area contributed by atoms with Gasteiger partial charge < -0.3 is 10.1 Å². The summed E-state index contributed by atoms with van der Waals surface area (Å²) >= 11 is 0. The number of nitrogens with one attached hydrogen (secondary N) is 1. The van der Waals surface area contributed by atoms with Gasteiger partial charge in [0.2, 0.25) is 0 Å². The number of hydrogen-bond donors (Lipinski definition) is 1. The quantitative estimate of drug-likeness (QED) is 0.838. The van der Waals surface area contributed by atoms with E-state index in [1.165, 1.54) is 36.8 Å². The van der Waals surface area contributed by atoms with Gasteiger partial charge in [-0.1, -0.05) is 43.7 Å². The molecular weight excluding hydrogens is 246 g/mol. The van der Waals surface area contributed by atoms with Crippen LogP contribution in [0.15, 0.2) is 24.3 Å². The van der Waals surface area contributed by atoms with Gasteiger partial charge in [-0.05, 0) is 50.6 Å². The minimum absolute atomic E-state index is 0.188. The molecule has 0 heterocycles. The van der Waals surface area contributed by atoms with E-state index >= 15 is 0 Å². The lowest BCUT2D eigenvalue weighted by atomic mass is 9.88. The number of ether oxygens (including phenoxy) is 1. The second-order valence-corrected chi connectivity index (χ2v) is 6.23. The first-order chi connectivity index (χ1) is 9.69. The van der Waals surface area contributed by atoms with E-state index in [-0.39, 0.29) is 6.10 Å². The number of hydrogen-bond acceptors (Lipinski definition) is 2. The number of aryl methyl sites for hydroxylation is 1. The fourth-order valence-electron chi connectivity index (χ4n) is 2.99. The van der Waals surface area contributed by atoms with Gasteiger partial charge in [0, 0.05) is 6.54 Å². The largest absolute Gasteiger partial charge is 0.369 e. The van der Waals surface area contributed by atoms with Gasteiger partial charge >= 0.3 is 0 Å². The molecule has 0 bridgehead atoms. The average molecular weight is 275 g/mol. The van der Waals surface area contributed by atoms with E-state index < -0.39 is 0 Å². The van der Waals surface area contributed by atoms with Gasteiger partial charge in [0.1, 0.15) is 0 Å². The number of likely N-dealkylation sites (N-methyl/N-ethyl adjacent to an activating group) is 1. The van der Waals surface area contributed by atoms with Gasteiger partial charge in [-0.25, -0.2) is 0 Å². The molecule has 2 rings (SSSR count). The van der Waals surface area contributed by atoms with E-state index in [2.05, 4.69) is 50.4 Å². The van der Waals surface area contributed by atoms with Crippen molar-refractivity contribution in [2.24, 2.45) is 5.92 Å². The van der Waals surface area contributed by atoms with Crippen LogP contribution in [0.1, 0.15) is 56.8 Å². The van der Waals surface area contributed by atoms with E-state index in [9.17, 15) is 0 Å². The molecule has 1 fully saturated rings. The highest BCUT2D eigenvalue weighted by Gasteiger charge is 2.23. The molecule has 1 aromatic carbocycles. The summed E-state index contributed by atoms with van der Waals surface area (Å²) in [6.07, 6.45) is 5.69. The summed E-state index contributed by atoms with van der Waals surface area (Å²) < 4.78 is 6.42. The highest BCUT2D eigenvalue weighted by atomic mass is 16.5. The molecule has 0 aliphatic heterocycles. The van der Waals surface area contributed by atoms with Crippen LogP contribution in [-0.4, -0.2) is 19.2 Å². The van der Waals surface area contributed by atoms with Crippen LogP contribution in [0.3, 0.4) is 0 Å².